The summed E-state index contributed by atoms with van der Waals surface area (Å²) in [6.45, 7) is 4.41. The monoisotopic (exact) mass is 239 g/mol. The highest BCUT2D eigenvalue weighted by molar-refractivity contribution is 5.27. The first-order chi connectivity index (χ1) is 8.16. The summed E-state index contributed by atoms with van der Waals surface area (Å²) >= 11 is 0. The number of hydrogen-bond acceptors (Lipinski definition) is 3. The lowest BCUT2D eigenvalue weighted by Crippen LogP contribution is -2.26. The molecule has 2 rings (SSSR count). The van der Waals surface area contributed by atoms with Crippen molar-refractivity contribution in [3.8, 4) is 5.75 Å². The molecule has 2 N–H and O–H groups in total. The van der Waals surface area contributed by atoms with Gasteiger partial charge in [-0.25, -0.2) is 4.39 Å². The van der Waals surface area contributed by atoms with Gasteiger partial charge in [-0.1, -0.05) is 6.07 Å². The molecule has 0 saturated carbocycles. The van der Waals surface area contributed by atoms with E-state index in [9.17, 15) is 4.39 Å². The molecule has 4 heteroatoms. The van der Waals surface area contributed by atoms with E-state index in [1.807, 2.05) is 0 Å². The van der Waals surface area contributed by atoms with E-state index < -0.39 is 5.82 Å². The second-order valence-corrected chi connectivity index (χ2v) is 4.54. The Morgan fingerprint density at radius 2 is 2.35 bits per heavy atom. The van der Waals surface area contributed by atoms with E-state index in [1.54, 1.807) is 6.07 Å². The van der Waals surface area contributed by atoms with Crippen LogP contribution < -0.4 is 5.32 Å². The zero-order valence-corrected chi connectivity index (χ0v) is 9.95. The highest BCUT2D eigenvalue weighted by atomic mass is 19.1. The van der Waals surface area contributed by atoms with E-state index in [0.29, 0.717) is 18.6 Å². The maximum absolute atomic E-state index is 13.1. The number of hydrogen-bond donors (Lipinski definition) is 2. The van der Waals surface area contributed by atoms with Gasteiger partial charge in [0.15, 0.2) is 11.6 Å². The Kier molecular flexibility index (Phi) is 3.97. The first-order valence-corrected chi connectivity index (χ1v) is 5.96. The average Bonchev–Trinajstić information content (AvgIpc) is 2.70. The van der Waals surface area contributed by atoms with Gasteiger partial charge in [0.05, 0.1) is 6.10 Å². The van der Waals surface area contributed by atoms with Gasteiger partial charge in [0.25, 0.3) is 0 Å². The van der Waals surface area contributed by atoms with Gasteiger partial charge in [-0.15, -0.1) is 0 Å². The lowest BCUT2D eigenvalue weighted by Gasteiger charge is -2.14. The van der Waals surface area contributed by atoms with Crippen molar-refractivity contribution in [1.82, 2.24) is 5.32 Å². The number of phenolic OH excluding ortho intramolecular Hbond substituents is 1. The standard InChI is InChI=1S/C13H18FNO2/c1-9-11(4-5-17-9)8-15-7-10-2-3-13(16)12(14)6-10/h2-3,6,9,11,15-16H,4-5,7-8H2,1H3. The molecule has 1 fully saturated rings. The fourth-order valence-corrected chi connectivity index (χ4v) is 2.11. The zero-order chi connectivity index (χ0) is 12.3. The summed E-state index contributed by atoms with van der Waals surface area (Å²) < 4.78 is 18.5. The molecular formula is C13H18FNO2. The molecule has 0 bridgehead atoms. The number of aromatic hydroxyl groups is 1. The van der Waals surface area contributed by atoms with Crippen LogP contribution in [0.5, 0.6) is 5.75 Å². The molecule has 0 radical (unpaired) electrons. The third-order valence-corrected chi connectivity index (χ3v) is 3.28. The van der Waals surface area contributed by atoms with Crippen molar-refractivity contribution in [2.75, 3.05) is 13.2 Å². The van der Waals surface area contributed by atoms with E-state index in [-0.39, 0.29) is 5.75 Å². The maximum Gasteiger partial charge on any atom is 0.165 e. The SMILES string of the molecule is CC1OCCC1CNCc1ccc(O)c(F)c1. The molecule has 1 aromatic carbocycles. The Labute approximate surface area is 101 Å². The maximum atomic E-state index is 13.1. The second kappa shape index (κ2) is 5.47. The molecule has 94 valence electrons. The van der Waals surface area contributed by atoms with Crippen molar-refractivity contribution < 1.29 is 14.2 Å². The molecule has 0 spiro atoms. The van der Waals surface area contributed by atoms with Crippen molar-refractivity contribution in [3.05, 3.63) is 29.6 Å². The number of benzene rings is 1. The normalized spacial score (nSPS) is 24.1. The van der Waals surface area contributed by atoms with Crippen LogP contribution in [0.4, 0.5) is 4.39 Å². The van der Waals surface area contributed by atoms with Gasteiger partial charge >= 0.3 is 0 Å². The third-order valence-electron chi connectivity index (χ3n) is 3.28. The predicted octanol–water partition coefficient (Wildman–Crippen LogP) is 2.05. The Morgan fingerprint density at radius 1 is 1.53 bits per heavy atom. The van der Waals surface area contributed by atoms with Crippen LogP contribution in [0.15, 0.2) is 18.2 Å². The van der Waals surface area contributed by atoms with Crippen molar-refractivity contribution >= 4 is 0 Å². The van der Waals surface area contributed by atoms with Gasteiger partial charge in [-0.3, -0.25) is 0 Å². The molecule has 2 unspecified atom stereocenters. The average molecular weight is 239 g/mol. The Morgan fingerprint density at radius 3 is 3.00 bits per heavy atom. The first kappa shape index (κ1) is 12.3. The minimum absolute atomic E-state index is 0.299. The number of rotatable bonds is 4. The summed E-state index contributed by atoms with van der Waals surface area (Å²) in [6, 6.07) is 4.46. The molecule has 0 amide bonds. The van der Waals surface area contributed by atoms with Crippen LogP contribution in [-0.4, -0.2) is 24.4 Å². The lowest BCUT2D eigenvalue weighted by molar-refractivity contribution is 0.105. The molecule has 17 heavy (non-hydrogen) atoms. The summed E-state index contributed by atoms with van der Waals surface area (Å²) in [5.41, 5.74) is 0.840. The summed E-state index contributed by atoms with van der Waals surface area (Å²) in [4.78, 5) is 0. The lowest BCUT2D eigenvalue weighted by atomic mass is 10.0. The topological polar surface area (TPSA) is 41.5 Å². The Balaban J connectivity index is 1.79. The molecule has 0 aliphatic carbocycles. The predicted molar refractivity (Wildman–Crippen MR) is 63.3 cm³/mol. The van der Waals surface area contributed by atoms with Crippen molar-refractivity contribution in [1.29, 1.82) is 0 Å². The van der Waals surface area contributed by atoms with Crippen LogP contribution in [0.3, 0.4) is 0 Å². The van der Waals surface area contributed by atoms with Gasteiger partial charge in [-0.2, -0.15) is 0 Å². The smallest absolute Gasteiger partial charge is 0.165 e. The van der Waals surface area contributed by atoms with Gasteiger partial charge in [-0.05, 0) is 37.0 Å². The summed E-state index contributed by atoms with van der Waals surface area (Å²) in [5.74, 6) is -0.328. The summed E-state index contributed by atoms with van der Waals surface area (Å²) in [7, 11) is 0. The summed E-state index contributed by atoms with van der Waals surface area (Å²) in [6.07, 6.45) is 1.39. The number of ether oxygens (including phenoxy) is 1. The molecule has 1 aromatic rings. The van der Waals surface area contributed by atoms with E-state index in [1.165, 1.54) is 12.1 Å². The summed E-state index contributed by atoms with van der Waals surface area (Å²) in [5, 5.41) is 12.4. The van der Waals surface area contributed by atoms with Gasteiger partial charge < -0.3 is 15.2 Å². The second-order valence-electron chi connectivity index (χ2n) is 4.54. The largest absolute Gasteiger partial charge is 0.505 e. The Bertz CT molecular complexity index is 384. The minimum atomic E-state index is -0.568. The van der Waals surface area contributed by atoms with Crippen LogP contribution >= 0.6 is 0 Å². The van der Waals surface area contributed by atoms with E-state index in [4.69, 9.17) is 9.84 Å². The fraction of sp³-hybridized carbons (Fsp3) is 0.538. The van der Waals surface area contributed by atoms with Crippen LogP contribution in [0.2, 0.25) is 0 Å². The van der Waals surface area contributed by atoms with Gasteiger partial charge in [0.1, 0.15) is 0 Å². The molecule has 1 heterocycles. The van der Waals surface area contributed by atoms with Crippen molar-refractivity contribution in [2.24, 2.45) is 5.92 Å². The first-order valence-electron chi connectivity index (χ1n) is 5.96. The van der Waals surface area contributed by atoms with E-state index in [0.717, 1.165) is 25.1 Å². The van der Waals surface area contributed by atoms with Crippen molar-refractivity contribution in [3.63, 3.8) is 0 Å². The quantitative estimate of drug-likeness (QED) is 0.845. The van der Waals surface area contributed by atoms with Crippen LogP contribution in [0.25, 0.3) is 0 Å². The minimum Gasteiger partial charge on any atom is -0.505 e. The number of nitrogens with one attached hydrogen (secondary N) is 1. The van der Waals surface area contributed by atoms with E-state index >= 15 is 0 Å². The van der Waals surface area contributed by atoms with Crippen molar-refractivity contribution in [2.45, 2.75) is 26.0 Å². The molecule has 0 aromatic heterocycles. The van der Waals surface area contributed by atoms with Gasteiger partial charge in [0.2, 0.25) is 0 Å². The molecule has 2 atom stereocenters. The Hall–Kier alpha value is -1.13. The van der Waals surface area contributed by atoms with Gasteiger partial charge in [0, 0.05) is 19.7 Å². The zero-order valence-electron chi connectivity index (χ0n) is 9.95. The molecule has 1 aliphatic heterocycles. The van der Waals surface area contributed by atoms with E-state index in [2.05, 4.69) is 12.2 Å². The fourth-order valence-electron chi connectivity index (χ4n) is 2.11. The number of phenols is 1. The highest BCUT2D eigenvalue weighted by Crippen LogP contribution is 2.20. The molecule has 1 saturated heterocycles. The molecular weight excluding hydrogens is 221 g/mol. The number of halogens is 1. The third kappa shape index (κ3) is 3.17. The van der Waals surface area contributed by atoms with Crippen LogP contribution in [0, 0.1) is 11.7 Å². The highest BCUT2D eigenvalue weighted by Gasteiger charge is 2.23. The van der Waals surface area contributed by atoms with Crippen LogP contribution in [0.1, 0.15) is 18.9 Å². The molecule has 3 nitrogen and oxygen atoms in total. The van der Waals surface area contributed by atoms with Crippen LogP contribution in [-0.2, 0) is 11.3 Å². The molecule has 1 aliphatic rings.